The van der Waals surface area contributed by atoms with Crippen molar-refractivity contribution in [1.29, 1.82) is 0 Å². The van der Waals surface area contributed by atoms with E-state index in [-0.39, 0.29) is 11.8 Å². The van der Waals surface area contributed by atoms with Crippen LogP contribution in [0.5, 0.6) is 0 Å². The number of nitrogens with one attached hydrogen (secondary N) is 1. The molecule has 1 aliphatic heterocycles. The third-order valence-electron chi connectivity index (χ3n) is 4.34. The summed E-state index contributed by atoms with van der Waals surface area (Å²) in [5.74, 6) is 0.164. The van der Waals surface area contributed by atoms with Crippen molar-refractivity contribution in [3.05, 3.63) is 51.2 Å². The number of benzene rings is 1. The lowest BCUT2D eigenvalue weighted by atomic mass is 10.2. The molecule has 24 heavy (non-hydrogen) atoms. The van der Waals surface area contributed by atoms with Crippen molar-refractivity contribution < 1.29 is 9.59 Å². The number of rotatable bonds is 5. The zero-order valence-corrected chi connectivity index (χ0v) is 14.9. The van der Waals surface area contributed by atoms with Gasteiger partial charge in [0.25, 0.3) is 5.91 Å². The van der Waals surface area contributed by atoms with E-state index < -0.39 is 0 Å². The average Bonchev–Trinajstić information content (AvgIpc) is 3.18. The van der Waals surface area contributed by atoms with Gasteiger partial charge in [-0.25, -0.2) is 0 Å². The first-order chi connectivity index (χ1) is 11.6. The molecule has 1 aliphatic rings. The highest BCUT2D eigenvalue weighted by Crippen LogP contribution is 2.23. The van der Waals surface area contributed by atoms with Crippen molar-refractivity contribution in [2.75, 3.05) is 11.4 Å². The molecule has 2 aromatic rings. The molecule has 0 atom stereocenters. The highest BCUT2D eigenvalue weighted by atomic mass is 32.1. The lowest BCUT2D eigenvalue weighted by Gasteiger charge is -2.16. The summed E-state index contributed by atoms with van der Waals surface area (Å²) in [5, 5.41) is 2.97. The maximum absolute atomic E-state index is 12.3. The van der Waals surface area contributed by atoms with Gasteiger partial charge in [0.2, 0.25) is 5.91 Å². The molecule has 1 fully saturated rings. The quantitative estimate of drug-likeness (QED) is 0.901. The number of amides is 2. The van der Waals surface area contributed by atoms with Crippen LogP contribution < -0.4 is 10.2 Å². The van der Waals surface area contributed by atoms with Gasteiger partial charge < -0.3 is 10.2 Å². The Hall–Kier alpha value is -2.14. The van der Waals surface area contributed by atoms with Gasteiger partial charge in [-0.15, -0.1) is 11.3 Å². The lowest BCUT2D eigenvalue weighted by Crippen LogP contribution is -2.24. The molecular weight excluding hydrogens is 320 g/mol. The Balaban J connectivity index is 1.60. The van der Waals surface area contributed by atoms with Gasteiger partial charge in [0.15, 0.2) is 0 Å². The number of carbonyl (C=O) groups is 2. The molecule has 5 heteroatoms. The highest BCUT2D eigenvalue weighted by Gasteiger charge is 2.21. The van der Waals surface area contributed by atoms with Crippen LogP contribution in [0.15, 0.2) is 30.3 Å². The Morgan fingerprint density at radius 2 is 2.04 bits per heavy atom. The van der Waals surface area contributed by atoms with Crippen molar-refractivity contribution in [2.45, 2.75) is 39.7 Å². The van der Waals surface area contributed by atoms with Crippen molar-refractivity contribution in [1.82, 2.24) is 5.32 Å². The second-order valence-electron chi connectivity index (χ2n) is 6.07. The normalized spacial score (nSPS) is 14.2. The Labute approximate surface area is 146 Å². The van der Waals surface area contributed by atoms with Gasteiger partial charge in [-0.2, -0.15) is 0 Å². The molecule has 2 heterocycles. The molecule has 0 bridgehead atoms. The number of nitrogens with zero attached hydrogens (tertiary/aromatic N) is 1. The number of hydrogen-bond acceptors (Lipinski definition) is 3. The maximum atomic E-state index is 12.3. The first kappa shape index (κ1) is 16.7. The van der Waals surface area contributed by atoms with Gasteiger partial charge in [-0.1, -0.05) is 19.1 Å². The highest BCUT2D eigenvalue weighted by molar-refractivity contribution is 7.14. The van der Waals surface area contributed by atoms with E-state index in [1.807, 2.05) is 42.2 Å². The van der Waals surface area contributed by atoms with E-state index in [2.05, 4.69) is 12.2 Å². The summed E-state index contributed by atoms with van der Waals surface area (Å²) in [6.45, 7) is 5.44. The van der Waals surface area contributed by atoms with E-state index in [4.69, 9.17) is 0 Å². The lowest BCUT2D eigenvalue weighted by molar-refractivity contribution is -0.117. The number of hydrogen-bond donors (Lipinski definition) is 1. The fourth-order valence-corrected chi connectivity index (χ4v) is 4.00. The summed E-state index contributed by atoms with van der Waals surface area (Å²) in [7, 11) is 0. The molecule has 0 saturated carbocycles. The Morgan fingerprint density at radius 1 is 1.29 bits per heavy atom. The van der Waals surface area contributed by atoms with E-state index in [0.717, 1.165) is 35.5 Å². The molecule has 0 aliphatic carbocycles. The van der Waals surface area contributed by atoms with Crippen LogP contribution in [-0.4, -0.2) is 18.4 Å². The average molecular weight is 342 g/mol. The summed E-state index contributed by atoms with van der Waals surface area (Å²) in [4.78, 5) is 27.9. The summed E-state index contributed by atoms with van der Waals surface area (Å²) < 4.78 is 0. The van der Waals surface area contributed by atoms with Crippen LogP contribution in [0.2, 0.25) is 0 Å². The minimum Gasteiger partial charge on any atom is -0.347 e. The number of aryl methyl sites for hydroxylation is 2. The molecule has 0 unspecified atom stereocenters. The van der Waals surface area contributed by atoms with Crippen molar-refractivity contribution in [3.63, 3.8) is 0 Å². The van der Waals surface area contributed by atoms with E-state index in [1.54, 1.807) is 11.3 Å². The SMILES string of the molecule is CCc1sc(C(=O)NCc2ccc(N3CCCC3=O)cc2)cc1C. The van der Waals surface area contributed by atoms with Gasteiger partial charge in [-0.3, -0.25) is 9.59 Å². The molecule has 1 aromatic heterocycles. The van der Waals surface area contributed by atoms with E-state index >= 15 is 0 Å². The summed E-state index contributed by atoms with van der Waals surface area (Å²) in [5.41, 5.74) is 3.16. The van der Waals surface area contributed by atoms with Crippen molar-refractivity contribution >= 4 is 28.8 Å². The molecule has 0 spiro atoms. The van der Waals surface area contributed by atoms with Gasteiger partial charge >= 0.3 is 0 Å². The second kappa shape index (κ2) is 7.18. The van der Waals surface area contributed by atoms with Crippen LogP contribution in [0.25, 0.3) is 0 Å². The smallest absolute Gasteiger partial charge is 0.261 e. The monoisotopic (exact) mass is 342 g/mol. The molecule has 1 aromatic carbocycles. The molecule has 126 valence electrons. The van der Waals surface area contributed by atoms with E-state index in [9.17, 15) is 9.59 Å². The van der Waals surface area contributed by atoms with Crippen molar-refractivity contribution in [2.24, 2.45) is 0 Å². The summed E-state index contributed by atoms with van der Waals surface area (Å²) >= 11 is 1.57. The fourth-order valence-electron chi connectivity index (χ4n) is 2.97. The zero-order valence-electron chi connectivity index (χ0n) is 14.1. The third-order valence-corrected chi connectivity index (χ3v) is 5.72. The van der Waals surface area contributed by atoms with Gasteiger partial charge in [-0.05, 0) is 49.1 Å². The number of carbonyl (C=O) groups excluding carboxylic acids is 2. The minimum absolute atomic E-state index is 0.0263. The van der Waals surface area contributed by atoms with Crippen LogP contribution in [0.1, 0.15) is 45.4 Å². The van der Waals surface area contributed by atoms with Crippen molar-refractivity contribution in [3.8, 4) is 0 Å². The Morgan fingerprint density at radius 3 is 2.62 bits per heavy atom. The van der Waals surface area contributed by atoms with Crippen LogP contribution >= 0.6 is 11.3 Å². The third kappa shape index (κ3) is 3.51. The molecule has 1 N–H and O–H groups in total. The summed E-state index contributed by atoms with van der Waals surface area (Å²) in [6.07, 6.45) is 2.52. The molecule has 2 amide bonds. The van der Waals surface area contributed by atoms with Gasteiger partial charge in [0.1, 0.15) is 0 Å². The standard InChI is InChI=1S/C19H22N2O2S/c1-3-16-13(2)11-17(24-16)19(23)20-12-14-6-8-15(9-7-14)21-10-4-5-18(21)22/h6-9,11H,3-5,10,12H2,1-2H3,(H,20,23). The van der Waals surface area contributed by atoms with Crippen LogP contribution in [-0.2, 0) is 17.8 Å². The molecule has 1 saturated heterocycles. The summed E-state index contributed by atoms with van der Waals surface area (Å²) in [6, 6.07) is 9.81. The van der Waals surface area contributed by atoms with Gasteiger partial charge in [0.05, 0.1) is 4.88 Å². The maximum Gasteiger partial charge on any atom is 0.261 e. The number of anilines is 1. The van der Waals surface area contributed by atoms with E-state index in [1.165, 1.54) is 10.4 Å². The Kier molecular flexibility index (Phi) is 5.00. The van der Waals surface area contributed by atoms with E-state index in [0.29, 0.717) is 13.0 Å². The molecular formula is C19H22N2O2S. The molecule has 4 nitrogen and oxygen atoms in total. The largest absolute Gasteiger partial charge is 0.347 e. The molecule has 0 radical (unpaired) electrons. The fraction of sp³-hybridized carbons (Fsp3) is 0.368. The predicted octanol–water partition coefficient (Wildman–Crippen LogP) is 3.68. The first-order valence-corrected chi connectivity index (χ1v) is 9.17. The van der Waals surface area contributed by atoms with Crippen LogP contribution in [0.3, 0.4) is 0 Å². The topological polar surface area (TPSA) is 49.4 Å². The molecule has 3 rings (SSSR count). The number of thiophene rings is 1. The first-order valence-electron chi connectivity index (χ1n) is 8.35. The van der Waals surface area contributed by atoms with Crippen LogP contribution in [0, 0.1) is 6.92 Å². The Bertz CT molecular complexity index is 749. The van der Waals surface area contributed by atoms with Crippen LogP contribution in [0.4, 0.5) is 5.69 Å². The second-order valence-corrected chi connectivity index (χ2v) is 7.21. The predicted molar refractivity (Wildman–Crippen MR) is 97.6 cm³/mol. The zero-order chi connectivity index (χ0) is 17.1. The minimum atomic E-state index is -0.0263. The van der Waals surface area contributed by atoms with Gasteiger partial charge in [0, 0.05) is 30.1 Å².